The van der Waals surface area contributed by atoms with Crippen LogP contribution in [0.5, 0.6) is 5.75 Å². The van der Waals surface area contributed by atoms with Crippen LogP contribution >= 0.6 is 24.8 Å². The van der Waals surface area contributed by atoms with Crippen LogP contribution in [-0.2, 0) is 16.4 Å². The van der Waals surface area contributed by atoms with Crippen molar-refractivity contribution in [1.29, 1.82) is 10.8 Å². The molecule has 2 heterocycles. The number of nitrogens with two attached hydrogens (primary N) is 1. The van der Waals surface area contributed by atoms with Crippen molar-refractivity contribution in [2.45, 2.75) is 45.2 Å². The molecule has 2 atom stereocenters. The summed E-state index contributed by atoms with van der Waals surface area (Å²) in [5.74, 6) is 1.28. The predicted octanol–water partition coefficient (Wildman–Crippen LogP) is 5.26. The van der Waals surface area contributed by atoms with E-state index in [1.807, 2.05) is 61.5 Å². The molecule has 0 radical (unpaired) electrons. The second-order valence-corrected chi connectivity index (χ2v) is 12.0. The van der Waals surface area contributed by atoms with Crippen molar-refractivity contribution < 1.29 is 13.2 Å². The van der Waals surface area contributed by atoms with E-state index in [4.69, 9.17) is 21.3 Å². The molecule has 0 bridgehead atoms. The maximum atomic E-state index is 13.3. The molecular formula is C28H35Cl2N5O3S. The Hall–Kier alpha value is -3.01. The first kappa shape index (κ1) is 30.5. The second kappa shape index (κ2) is 12.0. The summed E-state index contributed by atoms with van der Waals surface area (Å²) in [5.41, 5.74) is 8.85. The molecule has 0 aromatic heterocycles. The highest BCUT2D eigenvalue weighted by molar-refractivity contribution is 7.92. The number of ether oxygens (including phenoxy) is 1. The fourth-order valence-electron chi connectivity index (χ4n) is 5.51. The van der Waals surface area contributed by atoms with Gasteiger partial charge < -0.3 is 15.4 Å². The van der Waals surface area contributed by atoms with Gasteiger partial charge in [0.2, 0.25) is 10.0 Å². The van der Waals surface area contributed by atoms with Crippen molar-refractivity contribution in [2.24, 2.45) is 5.73 Å². The quantitative estimate of drug-likeness (QED) is 0.255. The third kappa shape index (κ3) is 5.95. The first-order valence-corrected chi connectivity index (χ1v) is 14.3. The molecule has 0 spiro atoms. The molecule has 0 aliphatic carbocycles. The fraction of sp³-hybridized carbons (Fsp3) is 0.357. The topological polar surface area (TPSA) is 124 Å². The summed E-state index contributed by atoms with van der Waals surface area (Å²) in [7, 11) is -3.53. The SMILES string of the molecule is CCS(=O)(=O)N1c2ccc(OC[C@H]3CCCN3C(C)=N)cc2CC1c1ccc2ccc(C(=N)N)cc2c1.Cl.Cl. The van der Waals surface area contributed by atoms with Gasteiger partial charge in [0, 0.05) is 18.5 Å². The van der Waals surface area contributed by atoms with Crippen molar-refractivity contribution in [2.75, 3.05) is 23.2 Å². The number of nitrogens with one attached hydrogen (secondary N) is 2. The molecule has 8 nitrogen and oxygen atoms in total. The van der Waals surface area contributed by atoms with E-state index in [9.17, 15) is 8.42 Å². The normalized spacial score (nSPS) is 18.3. The third-order valence-electron chi connectivity index (χ3n) is 7.46. The van der Waals surface area contributed by atoms with Crippen LogP contribution in [0.2, 0.25) is 0 Å². The van der Waals surface area contributed by atoms with Crippen LogP contribution in [0.25, 0.3) is 10.8 Å². The Morgan fingerprint density at radius 2 is 1.79 bits per heavy atom. The number of nitrogen functional groups attached to an aromatic ring is 1. The highest BCUT2D eigenvalue weighted by Crippen LogP contribution is 2.44. The highest BCUT2D eigenvalue weighted by atomic mass is 35.5. The molecule has 1 fully saturated rings. The van der Waals surface area contributed by atoms with Crippen LogP contribution in [0.1, 0.15) is 49.4 Å². The van der Waals surface area contributed by atoms with Crippen LogP contribution in [0.15, 0.2) is 54.6 Å². The predicted molar refractivity (Wildman–Crippen MR) is 163 cm³/mol. The molecule has 11 heteroatoms. The summed E-state index contributed by atoms with van der Waals surface area (Å²) in [5, 5.41) is 17.7. The van der Waals surface area contributed by atoms with Crippen molar-refractivity contribution in [3.05, 3.63) is 71.3 Å². The minimum atomic E-state index is -3.53. The van der Waals surface area contributed by atoms with Gasteiger partial charge in [0.05, 0.1) is 29.4 Å². The molecule has 2 aliphatic rings. The van der Waals surface area contributed by atoms with Gasteiger partial charge in [-0.1, -0.05) is 24.3 Å². The van der Waals surface area contributed by atoms with E-state index < -0.39 is 10.0 Å². The molecule has 0 amide bonds. The Morgan fingerprint density at radius 3 is 2.49 bits per heavy atom. The number of sulfonamides is 1. The van der Waals surface area contributed by atoms with Gasteiger partial charge in [-0.3, -0.25) is 15.1 Å². The van der Waals surface area contributed by atoms with E-state index in [2.05, 4.69) is 4.90 Å². The van der Waals surface area contributed by atoms with Gasteiger partial charge in [-0.25, -0.2) is 8.42 Å². The molecule has 3 aromatic rings. The average molecular weight is 593 g/mol. The Labute approximate surface area is 242 Å². The molecule has 0 saturated carbocycles. The maximum absolute atomic E-state index is 13.3. The number of anilines is 1. The summed E-state index contributed by atoms with van der Waals surface area (Å²) in [6.07, 6.45) is 2.59. The zero-order chi connectivity index (χ0) is 26.3. The molecule has 4 N–H and O–H groups in total. The number of hydrogen-bond donors (Lipinski definition) is 3. The van der Waals surface area contributed by atoms with Crippen LogP contribution < -0.4 is 14.8 Å². The zero-order valence-corrected chi connectivity index (χ0v) is 24.5. The molecule has 210 valence electrons. The van der Waals surface area contributed by atoms with Crippen molar-refractivity contribution in [3.8, 4) is 5.75 Å². The first-order chi connectivity index (χ1) is 17.7. The number of halogens is 2. The minimum Gasteiger partial charge on any atom is -0.491 e. The van der Waals surface area contributed by atoms with Crippen LogP contribution in [-0.4, -0.2) is 49.9 Å². The highest BCUT2D eigenvalue weighted by Gasteiger charge is 2.38. The number of amidine groups is 2. The van der Waals surface area contributed by atoms with E-state index >= 15 is 0 Å². The van der Waals surface area contributed by atoms with Crippen LogP contribution in [0.4, 0.5) is 5.69 Å². The van der Waals surface area contributed by atoms with Crippen molar-refractivity contribution in [3.63, 3.8) is 0 Å². The van der Waals surface area contributed by atoms with Gasteiger partial charge in [0.15, 0.2) is 0 Å². The summed E-state index contributed by atoms with van der Waals surface area (Å²) in [6, 6.07) is 17.1. The lowest BCUT2D eigenvalue weighted by Gasteiger charge is -2.27. The lowest BCUT2D eigenvalue weighted by atomic mass is 9.98. The summed E-state index contributed by atoms with van der Waals surface area (Å²) < 4.78 is 34.2. The Bertz CT molecular complexity index is 1500. The number of fused-ring (bicyclic) bond motifs is 2. The maximum Gasteiger partial charge on any atom is 0.235 e. The third-order valence-corrected chi connectivity index (χ3v) is 9.24. The van der Waals surface area contributed by atoms with E-state index in [1.165, 1.54) is 0 Å². The number of hydrogen-bond acceptors (Lipinski definition) is 5. The van der Waals surface area contributed by atoms with Gasteiger partial charge in [-0.15, -0.1) is 24.8 Å². The molecular weight excluding hydrogens is 557 g/mol. The van der Waals surface area contributed by atoms with E-state index in [0.717, 1.165) is 41.3 Å². The molecule has 2 aliphatic heterocycles. The van der Waals surface area contributed by atoms with E-state index in [1.54, 1.807) is 11.2 Å². The van der Waals surface area contributed by atoms with Crippen molar-refractivity contribution in [1.82, 2.24) is 4.90 Å². The lowest BCUT2D eigenvalue weighted by Crippen LogP contribution is -2.37. The van der Waals surface area contributed by atoms with Gasteiger partial charge in [0.1, 0.15) is 18.2 Å². The summed E-state index contributed by atoms with van der Waals surface area (Å²) in [4.78, 5) is 2.08. The van der Waals surface area contributed by atoms with Gasteiger partial charge in [-0.2, -0.15) is 0 Å². The Morgan fingerprint density at radius 1 is 1.05 bits per heavy atom. The standard InChI is InChI=1S/C28H33N5O3S.2ClH/c1-3-37(34,35)33-26-11-10-25(36-17-24-5-4-12-32(24)18(2)29)15-23(26)16-27(33)20-8-6-19-7-9-21(28(30)31)14-22(19)13-20;;/h6-11,13-15,24,27,29H,3-5,12,16-17H2,1-2H3,(H3,30,31);2*1H/t24-,27?;;/m1../s1. The Balaban J connectivity index is 0.00000210. The second-order valence-electron chi connectivity index (χ2n) is 9.83. The molecule has 39 heavy (non-hydrogen) atoms. The first-order valence-electron chi connectivity index (χ1n) is 12.7. The smallest absolute Gasteiger partial charge is 0.235 e. The number of rotatable bonds is 7. The number of nitrogens with zero attached hydrogens (tertiary/aromatic N) is 2. The average Bonchev–Trinajstić information content (AvgIpc) is 3.51. The summed E-state index contributed by atoms with van der Waals surface area (Å²) >= 11 is 0. The zero-order valence-electron chi connectivity index (χ0n) is 22.0. The largest absolute Gasteiger partial charge is 0.491 e. The molecule has 5 rings (SSSR count). The number of likely N-dealkylation sites (tertiary alicyclic amines) is 1. The van der Waals surface area contributed by atoms with Gasteiger partial charge >= 0.3 is 0 Å². The van der Waals surface area contributed by atoms with Crippen LogP contribution in [0, 0.1) is 10.8 Å². The van der Waals surface area contributed by atoms with E-state index in [0.29, 0.717) is 35.9 Å². The van der Waals surface area contributed by atoms with Crippen LogP contribution in [0.3, 0.4) is 0 Å². The monoisotopic (exact) mass is 591 g/mol. The molecule has 1 saturated heterocycles. The van der Waals surface area contributed by atoms with E-state index in [-0.39, 0.29) is 48.5 Å². The van der Waals surface area contributed by atoms with Gasteiger partial charge in [-0.05, 0) is 78.9 Å². The number of benzene rings is 3. The van der Waals surface area contributed by atoms with Crippen molar-refractivity contribution >= 4 is 63.0 Å². The Kier molecular flexibility index (Phi) is 9.41. The van der Waals surface area contributed by atoms with Gasteiger partial charge in [0.25, 0.3) is 0 Å². The molecule has 1 unspecified atom stereocenters. The lowest BCUT2D eigenvalue weighted by molar-refractivity contribution is 0.226. The fourth-order valence-corrected chi connectivity index (χ4v) is 6.85. The molecule has 3 aromatic carbocycles. The minimum absolute atomic E-state index is 0. The summed E-state index contributed by atoms with van der Waals surface area (Å²) in [6.45, 7) is 4.86.